The largest absolute Gasteiger partial charge is 0.462 e. The molecule has 0 saturated carbocycles. The van der Waals surface area contributed by atoms with Crippen LogP contribution in [0.4, 0.5) is 0 Å². The molecule has 0 unspecified atom stereocenters. The van der Waals surface area contributed by atoms with E-state index in [0.29, 0.717) is 19.3 Å². The van der Waals surface area contributed by atoms with E-state index >= 15 is 0 Å². The van der Waals surface area contributed by atoms with Crippen LogP contribution in [0.2, 0.25) is 0 Å². The summed E-state index contributed by atoms with van der Waals surface area (Å²) in [5, 5.41) is 0. The zero-order valence-corrected chi connectivity index (χ0v) is 48.1. The van der Waals surface area contributed by atoms with Crippen LogP contribution in [0.3, 0.4) is 0 Å². The molecule has 0 saturated heterocycles. The minimum atomic E-state index is -0.808. The molecule has 0 rings (SSSR count). The second kappa shape index (κ2) is 61.1. The molecular weight excluding hydrogens is 901 g/mol. The van der Waals surface area contributed by atoms with Crippen molar-refractivity contribution < 1.29 is 28.6 Å². The van der Waals surface area contributed by atoms with Gasteiger partial charge in [0, 0.05) is 19.3 Å². The fourth-order valence-corrected chi connectivity index (χ4v) is 8.76. The van der Waals surface area contributed by atoms with Gasteiger partial charge in [0.25, 0.3) is 0 Å². The number of allylic oxidation sites excluding steroid dienone is 14. The molecule has 0 aliphatic carbocycles. The predicted octanol–water partition coefficient (Wildman–Crippen LogP) is 21.1. The number of hydrogen-bond acceptors (Lipinski definition) is 6. The van der Waals surface area contributed by atoms with E-state index in [9.17, 15) is 14.4 Å². The van der Waals surface area contributed by atoms with Gasteiger partial charge < -0.3 is 14.2 Å². The molecule has 6 nitrogen and oxygen atoms in total. The van der Waals surface area contributed by atoms with Gasteiger partial charge in [-0.2, -0.15) is 0 Å². The van der Waals surface area contributed by atoms with Crippen LogP contribution in [0.15, 0.2) is 85.1 Å². The molecule has 1 atom stereocenters. The molecule has 73 heavy (non-hydrogen) atoms. The lowest BCUT2D eigenvalue weighted by Gasteiger charge is -2.18. The molecule has 0 bridgehead atoms. The molecule has 0 amide bonds. The lowest BCUT2D eigenvalue weighted by Crippen LogP contribution is -2.30. The molecule has 0 N–H and O–H groups in total. The SMILES string of the molecule is CC/C=C\C/C=C\C/C=C\C/C=C\C/C=C\C/C=C\CCC(=O)OC[C@H](COC(=O)CCCCCCCCC/C=C\CCCCCC)OC(=O)CCCCCCCCCCCCCCCCCCCCCCC. The van der Waals surface area contributed by atoms with Crippen LogP contribution in [0, 0.1) is 0 Å². The molecule has 0 radical (unpaired) electrons. The Labute approximate surface area is 452 Å². The van der Waals surface area contributed by atoms with E-state index in [4.69, 9.17) is 14.2 Å². The second-order valence-electron chi connectivity index (χ2n) is 20.6. The monoisotopic (exact) mass is 1020 g/mol. The third-order valence-electron chi connectivity index (χ3n) is 13.4. The maximum atomic E-state index is 12.9. The van der Waals surface area contributed by atoms with E-state index in [-0.39, 0.29) is 37.5 Å². The van der Waals surface area contributed by atoms with Crippen LogP contribution in [0.5, 0.6) is 0 Å². The van der Waals surface area contributed by atoms with Crippen LogP contribution in [-0.2, 0) is 28.6 Å². The number of unbranched alkanes of at least 4 members (excludes halogenated alkanes) is 31. The molecule has 0 heterocycles. The number of carbonyl (C=O) groups is 3. The van der Waals surface area contributed by atoms with Crippen molar-refractivity contribution in [1.29, 1.82) is 0 Å². The van der Waals surface area contributed by atoms with Crippen molar-refractivity contribution in [2.24, 2.45) is 0 Å². The highest BCUT2D eigenvalue weighted by atomic mass is 16.6. The molecule has 0 spiro atoms. The van der Waals surface area contributed by atoms with Gasteiger partial charge in [-0.1, -0.05) is 286 Å². The van der Waals surface area contributed by atoms with Crippen LogP contribution < -0.4 is 0 Å². The molecular formula is C67H116O6. The van der Waals surface area contributed by atoms with Gasteiger partial charge in [0.2, 0.25) is 0 Å². The van der Waals surface area contributed by atoms with E-state index in [2.05, 4.69) is 99.8 Å². The number of hydrogen-bond donors (Lipinski definition) is 0. The highest BCUT2D eigenvalue weighted by molar-refractivity contribution is 5.71. The van der Waals surface area contributed by atoms with Gasteiger partial charge in [-0.3, -0.25) is 14.4 Å². The summed E-state index contributed by atoms with van der Waals surface area (Å²) in [5.41, 5.74) is 0. The zero-order chi connectivity index (χ0) is 52.9. The third kappa shape index (κ3) is 59.3. The zero-order valence-electron chi connectivity index (χ0n) is 48.1. The van der Waals surface area contributed by atoms with Gasteiger partial charge in [-0.15, -0.1) is 0 Å². The van der Waals surface area contributed by atoms with Crippen molar-refractivity contribution in [1.82, 2.24) is 0 Å². The van der Waals surface area contributed by atoms with Gasteiger partial charge in [0.15, 0.2) is 6.10 Å². The smallest absolute Gasteiger partial charge is 0.306 e. The van der Waals surface area contributed by atoms with Gasteiger partial charge in [0.05, 0.1) is 0 Å². The maximum Gasteiger partial charge on any atom is 0.306 e. The Morgan fingerprint density at radius 3 is 0.932 bits per heavy atom. The Morgan fingerprint density at radius 1 is 0.288 bits per heavy atom. The van der Waals surface area contributed by atoms with Gasteiger partial charge in [-0.05, 0) is 83.5 Å². The fourth-order valence-electron chi connectivity index (χ4n) is 8.76. The Kier molecular flexibility index (Phi) is 58.3. The van der Waals surface area contributed by atoms with Crippen LogP contribution in [0.1, 0.15) is 303 Å². The maximum absolute atomic E-state index is 12.9. The van der Waals surface area contributed by atoms with Crippen LogP contribution >= 0.6 is 0 Å². The first-order valence-corrected chi connectivity index (χ1v) is 31.1. The second-order valence-corrected chi connectivity index (χ2v) is 20.6. The average Bonchev–Trinajstić information content (AvgIpc) is 3.39. The molecule has 0 aromatic rings. The predicted molar refractivity (Wildman–Crippen MR) is 316 cm³/mol. The summed E-state index contributed by atoms with van der Waals surface area (Å²) in [5.74, 6) is -0.979. The first kappa shape index (κ1) is 69.6. The third-order valence-corrected chi connectivity index (χ3v) is 13.4. The fraction of sp³-hybridized carbons (Fsp3) is 0.746. The van der Waals surface area contributed by atoms with E-state index in [1.54, 1.807) is 0 Å². The summed E-state index contributed by atoms with van der Waals surface area (Å²) in [6, 6.07) is 0. The quantitative estimate of drug-likeness (QED) is 0.0261. The number of carbonyl (C=O) groups excluding carboxylic acids is 3. The van der Waals surface area contributed by atoms with E-state index in [1.165, 1.54) is 180 Å². The normalized spacial score (nSPS) is 12.6. The van der Waals surface area contributed by atoms with Crippen molar-refractivity contribution >= 4 is 17.9 Å². The summed E-state index contributed by atoms with van der Waals surface area (Å²) >= 11 is 0. The Morgan fingerprint density at radius 2 is 0.562 bits per heavy atom. The summed E-state index contributed by atoms with van der Waals surface area (Å²) in [6.07, 6.45) is 80.3. The van der Waals surface area contributed by atoms with Gasteiger partial charge in [0.1, 0.15) is 13.2 Å². The van der Waals surface area contributed by atoms with Crippen molar-refractivity contribution in [2.75, 3.05) is 13.2 Å². The lowest BCUT2D eigenvalue weighted by molar-refractivity contribution is -0.166. The summed E-state index contributed by atoms with van der Waals surface area (Å²) in [4.78, 5) is 38.2. The minimum absolute atomic E-state index is 0.0997. The average molecular weight is 1020 g/mol. The Balaban J connectivity index is 4.44. The Bertz CT molecular complexity index is 1400. The van der Waals surface area contributed by atoms with Gasteiger partial charge >= 0.3 is 17.9 Å². The minimum Gasteiger partial charge on any atom is -0.462 e. The first-order valence-electron chi connectivity index (χ1n) is 31.1. The molecule has 420 valence electrons. The van der Waals surface area contributed by atoms with Crippen molar-refractivity contribution in [3.63, 3.8) is 0 Å². The number of rotatable bonds is 56. The van der Waals surface area contributed by atoms with E-state index < -0.39 is 6.10 Å². The lowest BCUT2D eigenvalue weighted by atomic mass is 10.0. The van der Waals surface area contributed by atoms with E-state index in [0.717, 1.165) is 77.0 Å². The topological polar surface area (TPSA) is 78.9 Å². The number of esters is 3. The summed E-state index contributed by atoms with van der Waals surface area (Å²) in [6.45, 7) is 6.48. The molecule has 0 aromatic carbocycles. The summed E-state index contributed by atoms with van der Waals surface area (Å²) < 4.78 is 16.8. The molecule has 0 aliphatic rings. The van der Waals surface area contributed by atoms with E-state index in [1.807, 2.05) is 6.08 Å². The molecule has 0 aliphatic heterocycles. The molecule has 6 heteroatoms. The van der Waals surface area contributed by atoms with Crippen LogP contribution in [0.25, 0.3) is 0 Å². The Hall–Kier alpha value is -3.41. The number of ether oxygens (including phenoxy) is 3. The van der Waals surface area contributed by atoms with Crippen molar-refractivity contribution in [3.8, 4) is 0 Å². The standard InChI is InChI=1S/C67H116O6/c1-4-7-10-13-16-19-22-25-28-30-32-33-35-37-40-43-46-49-52-55-58-61-67(70)73-64(62-71-65(68)59-56-53-50-47-44-41-38-27-24-21-18-15-12-9-6-3)63-72-66(69)60-57-54-51-48-45-42-39-36-34-31-29-26-23-20-17-14-11-8-5-2/h8,11,17,20-21,24,26,29,34,36,42,45,51,54,64H,4-7,9-10,12-16,18-19,22-23,25,27-28,30-33,35,37-41,43-44,46-50,52-53,55-63H2,1-3H3/b11-8-,20-17-,24-21-,29-26-,36-34-,45-42-,54-51-/t64-/m0/s1. The highest BCUT2D eigenvalue weighted by Crippen LogP contribution is 2.17. The van der Waals surface area contributed by atoms with Crippen molar-refractivity contribution in [2.45, 2.75) is 309 Å². The first-order chi connectivity index (χ1) is 36.0. The van der Waals surface area contributed by atoms with Crippen molar-refractivity contribution in [3.05, 3.63) is 85.1 Å². The molecule has 0 fully saturated rings. The van der Waals surface area contributed by atoms with Gasteiger partial charge in [-0.25, -0.2) is 0 Å². The molecule has 0 aromatic heterocycles. The summed E-state index contributed by atoms with van der Waals surface area (Å²) in [7, 11) is 0. The highest BCUT2D eigenvalue weighted by Gasteiger charge is 2.19. The van der Waals surface area contributed by atoms with Crippen LogP contribution in [-0.4, -0.2) is 37.2 Å².